The first-order valence-electron chi connectivity index (χ1n) is 9.87. The fraction of sp³-hybridized carbons (Fsp3) is 0.476. The van der Waals surface area contributed by atoms with Gasteiger partial charge in [-0.2, -0.15) is 0 Å². The standard InChI is InChI=1S/C21H26N4O3/c1-27-18-7-2-3-8-19(18)28-14-20(26)25-11-5-4-6-17(25)21-23-13-15-12-22-10-9-16(15)24-21/h2-3,7-8,13,17,22H,4-6,9-12,14H2,1H3/t17-/m1/s1. The molecule has 1 N–H and O–H groups in total. The molecule has 1 aromatic carbocycles. The highest BCUT2D eigenvalue weighted by atomic mass is 16.5. The van der Waals surface area contributed by atoms with Crippen molar-refractivity contribution in [3.05, 3.63) is 47.5 Å². The van der Waals surface area contributed by atoms with Crippen molar-refractivity contribution in [1.82, 2.24) is 20.2 Å². The van der Waals surface area contributed by atoms with E-state index < -0.39 is 0 Å². The van der Waals surface area contributed by atoms with E-state index >= 15 is 0 Å². The first kappa shape index (κ1) is 18.7. The number of fused-ring (bicyclic) bond motifs is 1. The molecule has 1 amide bonds. The average molecular weight is 382 g/mol. The third kappa shape index (κ3) is 3.94. The van der Waals surface area contributed by atoms with E-state index in [1.165, 1.54) is 0 Å². The number of methoxy groups -OCH3 is 1. The van der Waals surface area contributed by atoms with Gasteiger partial charge in [-0.3, -0.25) is 4.79 Å². The van der Waals surface area contributed by atoms with Crippen molar-refractivity contribution in [2.75, 3.05) is 26.8 Å². The molecule has 148 valence electrons. The number of rotatable bonds is 5. The highest BCUT2D eigenvalue weighted by molar-refractivity contribution is 5.78. The van der Waals surface area contributed by atoms with Gasteiger partial charge in [0, 0.05) is 43.5 Å². The van der Waals surface area contributed by atoms with Crippen molar-refractivity contribution in [3.63, 3.8) is 0 Å². The summed E-state index contributed by atoms with van der Waals surface area (Å²) >= 11 is 0. The molecule has 28 heavy (non-hydrogen) atoms. The molecule has 2 aliphatic rings. The van der Waals surface area contributed by atoms with Crippen LogP contribution in [0.2, 0.25) is 0 Å². The third-order valence-electron chi connectivity index (χ3n) is 5.37. The molecule has 0 radical (unpaired) electrons. The van der Waals surface area contributed by atoms with Crippen LogP contribution >= 0.6 is 0 Å². The van der Waals surface area contributed by atoms with Gasteiger partial charge in [-0.05, 0) is 31.4 Å². The monoisotopic (exact) mass is 382 g/mol. The predicted molar refractivity (Wildman–Crippen MR) is 104 cm³/mol. The largest absolute Gasteiger partial charge is 0.493 e. The van der Waals surface area contributed by atoms with Crippen LogP contribution in [0.5, 0.6) is 11.5 Å². The van der Waals surface area contributed by atoms with Crippen LogP contribution in [0.3, 0.4) is 0 Å². The molecular formula is C21H26N4O3. The minimum Gasteiger partial charge on any atom is -0.493 e. The molecule has 0 saturated carbocycles. The molecule has 2 aliphatic heterocycles. The second kappa shape index (κ2) is 8.56. The molecule has 0 unspecified atom stereocenters. The highest BCUT2D eigenvalue weighted by Crippen LogP contribution is 2.30. The molecule has 1 fully saturated rings. The Kier molecular flexibility index (Phi) is 5.71. The molecule has 0 spiro atoms. The molecule has 4 rings (SSSR count). The summed E-state index contributed by atoms with van der Waals surface area (Å²) in [5.74, 6) is 1.91. The van der Waals surface area contributed by atoms with E-state index in [-0.39, 0.29) is 18.6 Å². The van der Waals surface area contributed by atoms with Gasteiger partial charge in [-0.1, -0.05) is 12.1 Å². The Morgan fingerprint density at radius 1 is 1.29 bits per heavy atom. The van der Waals surface area contributed by atoms with Crippen molar-refractivity contribution in [2.24, 2.45) is 0 Å². The highest BCUT2D eigenvalue weighted by Gasteiger charge is 2.31. The SMILES string of the molecule is COc1ccccc1OCC(=O)N1CCCC[C@@H]1c1ncc2c(n1)CCNC2. The molecule has 7 heteroatoms. The number of para-hydroxylation sites is 2. The second-order valence-electron chi connectivity index (χ2n) is 7.17. The van der Waals surface area contributed by atoms with E-state index in [0.29, 0.717) is 18.0 Å². The molecular weight excluding hydrogens is 356 g/mol. The average Bonchev–Trinajstić information content (AvgIpc) is 2.77. The summed E-state index contributed by atoms with van der Waals surface area (Å²) in [6.45, 7) is 2.44. The lowest BCUT2D eigenvalue weighted by Crippen LogP contribution is -2.42. The van der Waals surface area contributed by atoms with E-state index in [9.17, 15) is 4.79 Å². The molecule has 1 atom stereocenters. The summed E-state index contributed by atoms with van der Waals surface area (Å²) in [7, 11) is 1.59. The van der Waals surface area contributed by atoms with Crippen molar-refractivity contribution in [3.8, 4) is 11.5 Å². The van der Waals surface area contributed by atoms with Crippen LogP contribution in [0, 0.1) is 0 Å². The Labute approximate surface area is 165 Å². The number of hydrogen-bond donors (Lipinski definition) is 1. The number of piperidine rings is 1. The second-order valence-corrected chi connectivity index (χ2v) is 7.17. The number of amides is 1. The minimum atomic E-state index is -0.0808. The van der Waals surface area contributed by atoms with E-state index in [0.717, 1.165) is 55.9 Å². The number of nitrogens with one attached hydrogen (secondary N) is 1. The molecule has 0 bridgehead atoms. The van der Waals surface area contributed by atoms with Crippen molar-refractivity contribution >= 4 is 5.91 Å². The quantitative estimate of drug-likeness (QED) is 0.855. The Balaban J connectivity index is 1.48. The summed E-state index contributed by atoms with van der Waals surface area (Å²) in [5.41, 5.74) is 2.26. The van der Waals surface area contributed by atoms with E-state index in [1.807, 2.05) is 29.3 Å². The lowest BCUT2D eigenvalue weighted by molar-refractivity contribution is -0.137. The van der Waals surface area contributed by atoms with Gasteiger partial charge in [0.25, 0.3) is 5.91 Å². The maximum Gasteiger partial charge on any atom is 0.261 e. The number of ether oxygens (including phenoxy) is 2. The lowest BCUT2D eigenvalue weighted by Gasteiger charge is -2.35. The number of hydrogen-bond acceptors (Lipinski definition) is 6. The molecule has 3 heterocycles. The maximum absolute atomic E-state index is 12.9. The topological polar surface area (TPSA) is 76.6 Å². The first-order chi connectivity index (χ1) is 13.8. The van der Waals surface area contributed by atoms with Crippen LogP contribution in [0.15, 0.2) is 30.5 Å². The number of likely N-dealkylation sites (tertiary alicyclic amines) is 1. The molecule has 1 aromatic heterocycles. The zero-order valence-electron chi connectivity index (χ0n) is 16.2. The van der Waals surface area contributed by atoms with Crippen LogP contribution in [0.4, 0.5) is 0 Å². The van der Waals surface area contributed by atoms with Crippen LogP contribution in [0.25, 0.3) is 0 Å². The molecule has 1 saturated heterocycles. The Morgan fingerprint density at radius 3 is 3.00 bits per heavy atom. The van der Waals surface area contributed by atoms with Gasteiger partial charge in [-0.15, -0.1) is 0 Å². The Hall–Kier alpha value is -2.67. The third-order valence-corrected chi connectivity index (χ3v) is 5.37. The fourth-order valence-corrected chi connectivity index (χ4v) is 3.87. The van der Waals surface area contributed by atoms with Crippen molar-refractivity contribution < 1.29 is 14.3 Å². The van der Waals surface area contributed by atoms with E-state index in [1.54, 1.807) is 13.2 Å². The van der Waals surface area contributed by atoms with Gasteiger partial charge in [0.05, 0.1) is 13.2 Å². The van der Waals surface area contributed by atoms with Crippen molar-refractivity contribution in [1.29, 1.82) is 0 Å². The lowest BCUT2D eigenvalue weighted by atomic mass is 10.0. The van der Waals surface area contributed by atoms with Crippen LogP contribution in [-0.2, 0) is 17.8 Å². The summed E-state index contributed by atoms with van der Waals surface area (Å²) in [5, 5.41) is 3.34. The predicted octanol–water partition coefficient (Wildman–Crippen LogP) is 2.26. The van der Waals surface area contributed by atoms with Crippen LogP contribution in [0.1, 0.15) is 42.4 Å². The molecule has 7 nitrogen and oxygen atoms in total. The number of carbonyl (C=O) groups excluding carboxylic acids is 1. The molecule has 0 aliphatic carbocycles. The summed E-state index contributed by atoms with van der Waals surface area (Å²) in [4.78, 5) is 24.2. The van der Waals surface area contributed by atoms with Gasteiger partial charge in [-0.25, -0.2) is 9.97 Å². The van der Waals surface area contributed by atoms with Crippen LogP contribution < -0.4 is 14.8 Å². The normalized spacial score (nSPS) is 19.0. The molecule has 2 aromatic rings. The number of nitrogens with zero attached hydrogens (tertiary/aromatic N) is 3. The fourth-order valence-electron chi connectivity index (χ4n) is 3.87. The van der Waals surface area contributed by atoms with E-state index in [4.69, 9.17) is 14.5 Å². The summed E-state index contributed by atoms with van der Waals surface area (Å²) in [6.07, 6.45) is 5.77. The number of carbonyl (C=O) groups is 1. The van der Waals surface area contributed by atoms with Gasteiger partial charge in [0.1, 0.15) is 0 Å². The van der Waals surface area contributed by atoms with Gasteiger partial charge in [0.15, 0.2) is 23.9 Å². The van der Waals surface area contributed by atoms with Crippen LogP contribution in [-0.4, -0.2) is 47.6 Å². The van der Waals surface area contributed by atoms with Gasteiger partial charge >= 0.3 is 0 Å². The maximum atomic E-state index is 12.9. The zero-order chi connectivity index (χ0) is 19.3. The number of aromatic nitrogens is 2. The number of benzene rings is 1. The van der Waals surface area contributed by atoms with Gasteiger partial charge < -0.3 is 19.7 Å². The smallest absolute Gasteiger partial charge is 0.261 e. The zero-order valence-corrected chi connectivity index (χ0v) is 16.2. The Morgan fingerprint density at radius 2 is 2.14 bits per heavy atom. The minimum absolute atomic E-state index is 0.0221. The van der Waals surface area contributed by atoms with Crippen molar-refractivity contribution in [2.45, 2.75) is 38.3 Å². The summed E-state index contributed by atoms with van der Waals surface area (Å²) < 4.78 is 11.0. The first-order valence-corrected chi connectivity index (χ1v) is 9.87. The Bertz CT molecular complexity index is 842. The van der Waals surface area contributed by atoms with E-state index in [2.05, 4.69) is 10.3 Å². The summed E-state index contributed by atoms with van der Waals surface area (Å²) in [6, 6.07) is 7.28. The van der Waals surface area contributed by atoms with Gasteiger partial charge in [0.2, 0.25) is 0 Å².